The van der Waals surface area contributed by atoms with Crippen LogP contribution in [0.1, 0.15) is 18.4 Å². The summed E-state index contributed by atoms with van der Waals surface area (Å²) in [4.78, 5) is 16.1. The summed E-state index contributed by atoms with van der Waals surface area (Å²) in [6, 6.07) is 10.3. The zero-order valence-electron chi connectivity index (χ0n) is 9.52. The average molecular weight is 226 g/mol. The lowest BCUT2D eigenvalue weighted by atomic mass is 10.1. The molecule has 3 heteroatoms. The van der Waals surface area contributed by atoms with Crippen molar-refractivity contribution in [2.24, 2.45) is 0 Å². The quantitative estimate of drug-likeness (QED) is 0.870. The molecule has 86 valence electrons. The number of para-hydroxylation sites is 1. The topological polar surface area (TPSA) is 42.0 Å². The van der Waals surface area contributed by atoms with Gasteiger partial charge < -0.3 is 5.32 Å². The van der Waals surface area contributed by atoms with Crippen molar-refractivity contribution in [2.45, 2.75) is 25.3 Å². The molecule has 1 aromatic heterocycles. The number of rotatable bonds is 3. The predicted molar refractivity (Wildman–Crippen MR) is 66.6 cm³/mol. The number of nitrogens with one attached hydrogen (secondary N) is 1. The van der Waals surface area contributed by atoms with Crippen molar-refractivity contribution in [3.05, 3.63) is 42.1 Å². The monoisotopic (exact) mass is 226 g/mol. The Balaban J connectivity index is 1.86. The second-order valence-corrected chi connectivity index (χ2v) is 4.51. The van der Waals surface area contributed by atoms with Gasteiger partial charge in [0.05, 0.1) is 11.9 Å². The maximum absolute atomic E-state index is 11.8. The fourth-order valence-corrected chi connectivity index (χ4v) is 1.99. The van der Waals surface area contributed by atoms with Gasteiger partial charge in [0.25, 0.3) is 0 Å². The number of hydrogen-bond acceptors (Lipinski definition) is 2. The molecule has 0 saturated heterocycles. The van der Waals surface area contributed by atoms with Crippen molar-refractivity contribution in [1.82, 2.24) is 10.3 Å². The van der Waals surface area contributed by atoms with E-state index in [1.165, 1.54) is 0 Å². The first kappa shape index (κ1) is 10.3. The van der Waals surface area contributed by atoms with Crippen LogP contribution in [0, 0.1) is 0 Å². The highest BCUT2D eigenvalue weighted by Gasteiger charge is 2.23. The van der Waals surface area contributed by atoms with E-state index in [9.17, 15) is 4.79 Å². The van der Waals surface area contributed by atoms with Gasteiger partial charge in [-0.05, 0) is 24.5 Å². The van der Waals surface area contributed by atoms with Crippen LogP contribution in [0.15, 0.2) is 36.5 Å². The van der Waals surface area contributed by atoms with E-state index in [0.29, 0.717) is 12.5 Å². The molecule has 0 bridgehead atoms. The summed E-state index contributed by atoms with van der Waals surface area (Å²) in [5, 5.41) is 4.09. The van der Waals surface area contributed by atoms with Gasteiger partial charge in [0.2, 0.25) is 5.91 Å². The third-order valence-electron chi connectivity index (χ3n) is 3.01. The molecule has 1 aliphatic rings. The molecule has 1 heterocycles. The minimum atomic E-state index is 0.102. The average Bonchev–Trinajstić information content (AvgIpc) is 3.13. The first-order chi connectivity index (χ1) is 8.33. The largest absolute Gasteiger partial charge is 0.353 e. The zero-order valence-corrected chi connectivity index (χ0v) is 9.52. The van der Waals surface area contributed by atoms with Gasteiger partial charge in [-0.3, -0.25) is 9.78 Å². The Morgan fingerprint density at radius 3 is 2.94 bits per heavy atom. The third-order valence-corrected chi connectivity index (χ3v) is 3.01. The van der Waals surface area contributed by atoms with Crippen LogP contribution in [0.25, 0.3) is 10.9 Å². The van der Waals surface area contributed by atoms with Gasteiger partial charge >= 0.3 is 0 Å². The predicted octanol–water partition coefficient (Wildman–Crippen LogP) is 2.06. The lowest BCUT2D eigenvalue weighted by molar-refractivity contribution is -0.120. The van der Waals surface area contributed by atoms with Gasteiger partial charge in [-0.1, -0.05) is 24.3 Å². The molecule has 1 amide bonds. The molecule has 2 aromatic rings. The van der Waals surface area contributed by atoms with E-state index >= 15 is 0 Å². The number of amides is 1. The van der Waals surface area contributed by atoms with Crippen molar-refractivity contribution >= 4 is 16.8 Å². The second kappa shape index (κ2) is 4.17. The van der Waals surface area contributed by atoms with Crippen LogP contribution in [-0.2, 0) is 11.2 Å². The molecule has 1 aliphatic carbocycles. The number of fused-ring (bicyclic) bond motifs is 1. The molecular weight excluding hydrogens is 212 g/mol. The molecule has 0 unspecified atom stereocenters. The summed E-state index contributed by atoms with van der Waals surface area (Å²) in [5.41, 5.74) is 1.93. The van der Waals surface area contributed by atoms with E-state index < -0.39 is 0 Å². The molecule has 3 nitrogen and oxygen atoms in total. The van der Waals surface area contributed by atoms with Crippen LogP contribution >= 0.6 is 0 Å². The number of carbonyl (C=O) groups excluding carboxylic acids is 1. The molecule has 0 aliphatic heterocycles. The Hall–Kier alpha value is -1.90. The standard InChI is InChI=1S/C14H14N2O/c17-13(16-12-6-7-12)9-11-4-1-3-10-5-2-8-15-14(10)11/h1-5,8,12H,6-7,9H2,(H,16,17). The van der Waals surface area contributed by atoms with Crippen LogP contribution < -0.4 is 5.32 Å². The van der Waals surface area contributed by atoms with Crippen molar-refractivity contribution < 1.29 is 4.79 Å². The maximum Gasteiger partial charge on any atom is 0.224 e. The summed E-state index contributed by atoms with van der Waals surface area (Å²) in [6.07, 6.45) is 4.44. The van der Waals surface area contributed by atoms with Crippen LogP contribution in [0.2, 0.25) is 0 Å². The molecule has 1 N–H and O–H groups in total. The summed E-state index contributed by atoms with van der Waals surface area (Å²) < 4.78 is 0. The lowest BCUT2D eigenvalue weighted by Gasteiger charge is -2.06. The van der Waals surface area contributed by atoms with Crippen LogP contribution in [-0.4, -0.2) is 16.9 Å². The third kappa shape index (κ3) is 2.28. The molecule has 0 spiro atoms. The Morgan fingerprint density at radius 2 is 2.12 bits per heavy atom. The van der Waals surface area contributed by atoms with Crippen molar-refractivity contribution in [3.63, 3.8) is 0 Å². The van der Waals surface area contributed by atoms with E-state index in [2.05, 4.69) is 10.3 Å². The molecule has 1 aromatic carbocycles. The molecule has 0 radical (unpaired) electrons. The fourth-order valence-electron chi connectivity index (χ4n) is 1.99. The van der Waals surface area contributed by atoms with Gasteiger partial charge in [-0.25, -0.2) is 0 Å². The molecule has 3 rings (SSSR count). The Labute approximate surface area is 99.9 Å². The van der Waals surface area contributed by atoms with Crippen molar-refractivity contribution in [2.75, 3.05) is 0 Å². The first-order valence-corrected chi connectivity index (χ1v) is 5.95. The van der Waals surface area contributed by atoms with Gasteiger partial charge in [0.1, 0.15) is 0 Å². The summed E-state index contributed by atoms with van der Waals surface area (Å²) in [5.74, 6) is 0.102. The molecular formula is C14H14N2O. The van der Waals surface area contributed by atoms with E-state index in [-0.39, 0.29) is 5.91 Å². The van der Waals surface area contributed by atoms with Crippen LogP contribution in [0.4, 0.5) is 0 Å². The van der Waals surface area contributed by atoms with Crippen LogP contribution in [0.3, 0.4) is 0 Å². The maximum atomic E-state index is 11.8. The number of nitrogens with zero attached hydrogens (tertiary/aromatic N) is 1. The van der Waals surface area contributed by atoms with Gasteiger partial charge in [-0.2, -0.15) is 0 Å². The summed E-state index contributed by atoms with van der Waals surface area (Å²) >= 11 is 0. The smallest absolute Gasteiger partial charge is 0.224 e. The number of hydrogen-bond donors (Lipinski definition) is 1. The minimum absolute atomic E-state index is 0.102. The highest BCUT2D eigenvalue weighted by atomic mass is 16.1. The van der Waals surface area contributed by atoms with Gasteiger partial charge in [-0.15, -0.1) is 0 Å². The molecule has 1 fully saturated rings. The van der Waals surface area contributed by atoms with E-state index in [4.69, 9.17) is 0 Å². The zero-order chi connectivity index (χ0) is 11.7. The van der Waals surface area contributed by atoms with Crippen LogP contribution in [0.5, 0.6) is 0 Å². The highest BCUT2D eigenvalue weighted by molar-refractivity contribution is 5.87. The number of aromatic nitrogens is 1. The second-order valence-electron chi connectivity index (χ2n) is 4.51. The van der Waals surface area contributed by atoms with E-state index in [1.807, 2.05) is 30.3 Å². The minimum Gasteiger partial charge on any atom is -0.353 e. The number of pyridine rings is 1. The summed E-state index contributed by atoms with van der Waals surface area (Å²) in [6.45, 7) is 0. The van der Waals surface area contributed by atoms with Crippen molar-refractivity contribution in [3.8, 4) is 0 Å². The van der Waals surface area contributed by atoms with E-state index in [0.717, 1.165) is 29.3 Å². The first-order valence-electron chi connectivity index (χ1n) is 5.95. The van der Waals surface area contributed by atoms with Gasteiger partial charge in [0.15, 0.2) is 0 Å². The molecule has 0 atom stereocenters. The highest BCUT2D eigenvalue weighted by Crippen LogP contribution is 2.20. The Morgan fingerprint density at radius 1 is 1.29 bits per heavy atom. The molecule has 17 heavy (non-hydrogen) atoms. The fraction of sp³-hybridized carbons (Fsp3) is 0.286. The number of benzene rings is 1. The van der Waals surface area contributed by atoms with Crippen molar-refractivity contribution in [1.29, 1.82) is 0 Å². The Kier molecular flexibility index (Phi) is 2.52. The normalized spacial score (nSPS) is 14.8. The number of carbonyl (C=O) groups is 1. The molecule has 1 saturated carbocycles. The SMILES string of the molecule is O=C(Cc1cccc2cccnc12)NC1CC1. The van der Waals surface area contributed by atoms with E-state index in [1.54, 1.807) is 6.20 Å². The van der Waals surface area contributed by atoms with Gasteiger partial charge in [0, 0.05) is 17.6 Å². The lowest BCUT2D eigenvalue weighted by Crippen LogP contribution is -2.27. The Bertz CT molecular complexity index is 556. The summed E-state index contributed by atoms with van der Waals surface area (Å²) in [7, 11) is 0.